The van der Waals surface area contributed by atoms with Crippen LogP contribution in [-0.2, 0) is 6.42 Å². The van der Waals surface area contributed by atoms with Crippen LogP contribution in [0.2, 0.25) is 10.0 Å². The quantitative estimate of drug-likeness (QED) is 0.799. The van der Waals surface area contributed by atoms with E-state index in [0.29, 0.717) is 21.4 Å². The fraction of sp³-hybridized carbons (Fsp3) is 0.308. The first-order valence-electron chi connectivity index (χ1n) is 5.97. The van der Waals surface area contributed by atoms with Crippen LogP contribution in [-0.4, -0.2) is 4.98 Å². The van der Waals surface area contributed by atoms with Crippen LogP contribution < -0.4 is 11.1 Å². The van der Waals surface area contributed by atoms with E-state index in [1.807, 2.05) is 13.1 Å². The molecule has 102 valence electrons. The molecule has 1 aromatic heterocycles. The number of hydrogen-bond acceptors (Lipinski definition) is 4. The number of nitrogens with two attached hydrogens (primary N) is 1. The highest BCUT2D eigenvalue weighted by Crippen LogP contribution is 2.35. The highest BCUT2D eigenvalue weighted by atomic mass is 35.5. The molecule has 0 amide bonds. The first-order valence-corrected chi connectivity index (χ1v) is 7.54. The fourth-order valence-electron chi connectivity index (χ4n) is 1.70. The Morgan fingerprint density at radius 2 is 2.00 bits per heavy atom. The van der Waals surface area contributed by atoms with Crippen LogP contribution in [0.4, 0.5) is 11.4 Å². The number of hydrogen-bond donors (Lipinski definition) is 2. The molecule has 3 N–H and O–H groups in total. The minimum atomic E-state index is 0.0453. The fourth-order valence-corrected chi connectivity index (χ4v) is 3.17. The van der Waals surface area contributed by atoms with E-state index in [2.05, 4.69) is 17.2 Å². The van der Waals surface area contributed by atoms with Gasteiger partial charge < -0.3 is 11.1 Å². The molecule has 6 heteroatoms. The van der Waals surface area contributed by atoms with Crippen molar-refractivity contribution < 1.29 is 0 Å². The van der Waals surface area contributed by atoms with Gasteiger partial charge in [-0.25, -0.2) is 4.98 Å². The van der Waals surface area contributed by atoms with Gasteiger partial charge in [0.15, 0.2) is 0 Å². The number of nitrogens with one attached hydrogen (secondary N) is 1. The summed E-state index contributed by atoms with van der Waals surface area (Å²) < 4.78 is 0. The molecule has 0 aliphatic heterocycles. The maximum absolute atomic E-state index is 6.15. The smallest absolute Gasteiger partial charge is 0.115 e. The summed E-state index contributed by atoms with van der Waals surface area (Å²) >= 11 is 14.0. The third kappa shape index (κ3) is 3.32. The van der Waals surface area contributed by atoms with Crippen molar-refractivity contribution in [3.05, 3.63) is 38.3 Å². The van der Waals surface area contributed by atoms with Gasteiger partial charge in [0.1, 0.15) is 5.01 Å². The summed E-state index contributed by atoms with van der Waals surface area (Å²) in [6, 6.07) is 3.41. The predicted molar refractivity (Wildman–Crippen MR) is 84.4 cm³/mol. The second kappa shape index (κ2) is 5.99. The van der Waals surface area contributed by atoms with Crippen molar-refractivity contribution in [3.63, 3.8) is 0 Å². The molecule has 1 aromatic carbocycles. The molecule has 0 saturated carbocycles. The van der Waals surface area contributed by atoms with Crippen molar-refractivity contribution in [2.45, 2.75) is 26.3 Å². The molecule has 0 fully saturated rings. The van der Waals surface area contributed by atoms with E-state index in [0.717, 1.165) is 11.4 Å². The van der Waals surface area contributed by atoms with Gasteiger partial charge in [-0.05, 0) is 25.5 Å². The summed E-state index contributed by atoms with van der Waals surface area (Å²) in [7, 11) is 0. The molecule has 2 rings (SSSR count). The lowest BCUT2D eigenvalue weighted by molar-refractivity contribution is 0.869. The Morgan fingerprint density at radius 1 is 1.37 bits per heavy atom. The van der Waals surface area contributed by atoms with Crippen LogP contribution in [0.3, 0.4) is 0 Å². The Balaban J connectivity index is 2.21. The van der Waals surface area contributed by atoms with Gasteiger partial charge in [0.25, 0.3) is 0 Å². The summed E-state index contributed by atoms with van der Waals surface area (Å²) in [5.74, 6) is 0. The summed E-state index contributed by atoms with van der Waals surface area (Å²) in [5, 5.41) is 5.34. The summed E-state index contributed by atoms with van der Waals surface area (Å²) in [6.07, 6.45) is 2.90. The van der Waals surface area contributed by atoms with Crippen LogP contribution in [0.1, 0.15) is 29.8 Å². The second-order valence-corrected chi connectivity index (χ2v) is 6.21. The number of nitrogen functional groups attached to an aromatic ring is 1. The Hall–Kier alpha value is -0.970. The van der Waals surface area contributed by atoms with E-state index < -0.39 is 0 Å². The highest BCUT2D eigenvalue weighted by Gasteiger charge is 2.14. The van der Waals surface area contributed by atoms with Gasteiger partial charge in [-0.2, -0.15) is 0 Å². The average molecular weight is 316 g/mol. The van der Waals surface area contributed by atoms with Crippen molar-refractivity contribution in [2.24, 2.45) is 0 Å². The molecule has 0 bridgehead atoms. The lowest BCUT2D eigenvalue weighted by Crippen LogP contribution is -2.07. The van der Waals surface area contributed by atoms with Gasteiger partial charge >= 0.3 is 0 Å². The average Bonchev–Trinajstić information content (AvgIpc) is 2.82. The molecule has 0 aliphatic rings. The summed E-state index contributed by atoms with van der Waals surface area (Å²) in [5.41, 5.74) is 6.93. The largest absolute Gasteiger partial charge is 0.399 e. The lowest BCUT2D eigenvalue weighted by Gasteiger charge is -2.16. The molecule has 1 atom stereocenters. The van der Waals surface area contributed by atoms with E-state index in [-0.39, 0.29) is 6.04 Å². The Bertz CT molecular complexity index is 560. The summed E-state index contributed by atoms with van der Waals surface area (Å²) in [4.78, 5) is 5.67. The minimum Gasteiger partial charge on any atom is -0.399 e. The number of aryl methyl sites for hydroxylation is 1. The zero-order chi connectivity index (χ0) is 14.0. The topological polar surface area (TPSA) is 50.9 Å². The van der Waals surface area contributed by atoms with Crippen LogP contribution in [0.5, 0.6) is 0 Å². The molecule has 0 saturated heterocycles. The Labute approximate surface area is 126 Å². The van der Waals surface area contributed by atoms with E-state index in [1.165, 1.54) is 4.88 Å². The number of rotatable bonds is 4. The molecule has 0 aliphatic carbocycles. The zero-order valence-electron chi connectivity index (χ0n) is 10.7. The van der Waals surface area contributed by atoms with Crippen LogP contribution >= 0.6 is 34.5 Å². The van der Waals surface area contributed by atoms with Gasteiger partial charge in [-0.3, -0.25) is 0 Å². The van der Waals surface area contributed by atoms with Gasteiger partial charge in [0.05, 0.1) is 21.8 Å². The van der Waals surface area contributed by atoms with Gasteiger partial charge in [-0.15, -0.1) is 11.3 Å². The van der Waals surface area contributed by atoms with Crippen molar-refractivity contribution >= 4 is 45.9 Å². The molecule has 1 heterocycles. The standard InChI is InChI=1S/C13H15Cl2N3S/c1-3-9-6-17-13(19-9)7(2)18-12-10(14)4-8(16)5-11(12)15/h4-7,18H,3,16H2,1-2H3. The monoisotopic (exact) mass is 315 g/mol. The van der Waals surface area contributed by atoms with E-state index in [1.54, 1.807) is 23.5 Å². The molecule has 0 radical (unpaired) electrons. The molecule has 3 nitrogen and oxygen atoms in total. The molecule has 2 aromatic rings. The number of nitrogens with zero attached hydrogens (tertiary/aromatic N) is 1. The van der Waals surface area contributed by atoms with Crippen molar-refractivity contribution in [1.29, 1.82) is 0 Å². The normalized spacial score (nSPS) is 12.4. The number of anilines is 2. The first kappa shape index (κ1) is 14.4. The first-order chi connectivity index (χ1) is 9.01. The number of halogens is 2. The van der Waals surface area contributed by atoms with E-state index >= 15 is 0 Å². The minimum absolute atomic E-state index is 0.0453. The second-order valence-electron chi connectivity index (χ2n) is 4.24. The third-order valence-corrected chi connectivity index (χ3v) is 4.64. The van der Waals surface area contributed by atoms with Crippen molar-refractivity contribution in [3.8, 4) is 0 Å². The highest BCUT2D eigenvalue weighted by molar-refractivity contribution is 7.11. The molecule has 1 unspecified atom stereocenters. The van der Waals surface area contributed by atoms with Gasteiger partial charge in [0, 0.05) is 16.8 Å². The number of thiazole rings is 1. The van der Waals surface area contributed by atoms with E-state index in [4.69, 9.17) is 28.9 Å². The Morgan fingerprint density at radius 3 is 2.53 bits per heavy atom. The van der Waals surface area contributed by atoms with Gasteiger partial charge in [0.2, 0.25) is 0 Å². The number of aromatic nitrogens is 1. The Kier molecular flexibility index (Phi) is 4.55. The lowest BCUT2D eigenvalue weighted by atomic mass is 10.2. The number of benzene rings is 1. The zero-order valence-corrected chi connectivity index (χ0v) is 13.0. The van der Waals surface area contributed by atoms with E-state index in [9.17, 15) is 0 Å². The molecular formula is C13H15Cl2N3S. The van der Waals surface area contributed by atoms with Crippen molar-refractivity contribution in [2.75, 3.05) is 11.1 Å². The van der Waals surface area contributed by atoms with Gasteiger partial charge in [-0.1, -0.05) is 30.1 Å². The van der Waals surface area contributed by atoms with Crippen LogP contribution in [0, 0.1) is 0 Å². The van der Waals surface area contributed by atoms with Crippen LogP contribution in [0.15, 0.2) is 18.3 Å². The predicted octanol–water partition coefficient (Wildman–Crippen LogP) is 4.77. The van der Waals surface area contributed by atoms with Crippen LogP contribution in [0.25, 0.3) is 0 Å². The molecular weight excluding hydrogens is 301 g/mol. The van der Waals surface area contributed by atoms with Crippen molar-refractivity contribution in [1.82, 2.24) is 4.98 Å². The third-order valence-electron chi connectivity index (χ3n) is 2.72. The molecule has 0 spiro atoms. The SMILES string of the molecule is CCc1cnc(C(C)Nc2c(Cl)cc(N)cc2Cl)s1. The maximum Gasteiger partial charge on any atom is 0.115 e. The maximum atomic E-state index is 6.15. The summed E-state index contributed by atoms with van der Waals surface area (Å²) in [6.45, 7) is 4.14. The molecule has 19 heavy (non-hydrogen) atoms.